The summed E-state index contributed by atoms with van der Waals surface area (Å²) in [6, 6.07) is 0.0357. The van der Waals surface area contributed by atoms with Gasteiger partial charge in [0.1, 0.15) is 0 Å². The molecule has 0 aromatic carbocycles. The lowest BCUT2D eigenvalue weighted by Gasteiger charge is -2.27. The van der Waals surface area contributed by atoms with Gasteiger partial charge in [0.25, 0.3) is 0 Å². The minimum atomic E-state index is -1.76. The quantitative estimate of drug-likeness (QED) is 0.467. The molecule has 1 heterocycles. The Morgan fingerprint density at radius 1 is 1.73 bits per heavy atom. The second-order valence-electron chi connectivity index (χ2n) is 4.00. The van der Waals surface area contributed by atoms with E-state index < -0.39 is 11.6 Å². The number of aliphatic carboxylic acids is 1. The standard InChI is InChI=1S/C9H16N2O4/c1-9(15,8(13)14)5-11-6-2-3-7(12)10-4-6/h6,11,15H,2-5H2,1H3,(H,10,12)(H,13,14). The summed E-state index contributed by atoms with van der Waals surface area (Å²) >= 11 is 0. The maximum atomic E-state index is 10.8. The third kappa shape index (κ3) is 3.49. The van der Waals surface area contributed by atoms with Crippen molar-refractivity contribution in [2.24, 2.45) is 0 Å². The van der Waals surface area contributed by atoms with Gasteiger partial charge in [-0.3, -0.25) is 4.79 Å². The zero-order chi connectivity index (χ0) is 11.5. The van der Waals surface area contributed by atoms with Crippen molar-refractivity contribution in [3.63, 3.8) is 0 Å². The van der Waals surface area contributed by atoms with Gasteiger partial charge in [-0.2, -0.15) is 0 Å². The van der Waals surface area contributed by atoms with Crippen LogP contribution in [0.2, 0.25) is 0 Å². The number of amides is 1. The van der Waals surface area contributed by atoms with Crippen LogP contribution in [0.3, 0.4) is 0 Å². The van der Waals surface area contributed by atoms with Gasteiger partial charge in [0.2, 0.25) is 5.91 Å². The Morgan fingerprint density at radius 2 is 2.40 bits per heavy atom. The molecule has 1 saturated heterocycles. The Bertz CT molecular complexity index is 255. The maximum Gasteiger partial charge on any atom is 0.336 e. The number of carboxylic acid groups (broad SMARTS) is 1. The van der Waals surface area contributed by atoms with Crippen molar-refractivity contribution >= 4 is 11.9 Å². The first kappa shape index (κ1) is 11.9. The van der Waals surface area contributed by atoms with E-state index in [0.717, 1.165) is 0 Å². The van der Waals surface area contributed by atoms with Gasteiger partial charge in [-0.15, -0.1) is 0 Å². The van der Waals surface area contributed by atoms with E-state index in [-0.39, 0.29) is 18.5 Å². The fourth-order valence-corrected chi connectivity index (χ4v) is 1.33. The minimum absolute atomic E-state index is 0.0121. The van der Waals surface area contributed by atoms with Gasteiger partial charge in [-0.1, -0.05) is 0 Å². The van der Waals surface area contributed by atoms with Gasteiger partial charge in [0.15, 0.2) is 5.60 Å². The van der Waals surface area contributed by atoms with Crippen LogP contribution in [0.5, 0.6) is 0 Å². The molecule has 86 valence electrons. The molecule has 0 saturated carbocycles. The van der Waals surface area contributed by atoms with Crippen LogP contribution < -0.4 is 10.6 Å². The molecule has 0 bridgehead atoms. The van der Waals surface area contributed by atoms with Crippen molar-refractivity contribution in [1.29, 1.82) is 0 Å². The number of carbonyl (C=O) groups is 2. The van der Waals surface area contributed by atoms with E-state index in [1.807, 2.05) is 0 Å². The zero-order valence-electron chi connectivity index (χ0n) is 8.62. The molecule has 2 unspecified atom stereocenters. The molecule has 0 aliphatic carbocycles. The minimum Gasteiger partial charge on any atom is -0.479 e. The smallest absolute Gasteiger partial charge is 0.336 e. The van der Waals surface area contributed by atoms with Crippen LogP contribution in [-0.2, 0) is 9.59 Å². The second-order valence-corrected chi connectivity index (χ2v) is 4.00. The lowest BCUT2D eigenvalue weighted by molar-refractivity contribution is -0.156. The maximum absolute atomic E-state index is 10.8. The summed E-state index contributed by atoms with van der Waals surface area (Å²) in [6.45, 7) is 1.70. The molecule has 0 aromatic heterocycles. The van der Waals surface area contributed by atoms with Crippen molar-refractivity contribution in [3.05, 3.63) is 0 Å². The van der Waals surface area contributed by atoms with E-state index in [1.165, 1.54) is 6.92 Å². The SMILES string of the molecule is CC(O)(CNC1CCC(=O)NC1)C(=O)O. The van der Waals surface area contributed by atoms with Gasteiger partial charge in [0, 0.05) is 25.6 Å². The molecule has 4 N–H and O–H groups in total. The average Bonchev–Trinajstić information content (AvgIpc) is 2.17. The largest absolute Gasteiger partial charge is 0.479 e. The second kappa shape index (κ2) is 4.59. The van der Waals surface area contributed by atoms with E-state index in [9.17, 15) is 14.7 Å². The molecule has 15 heavy (non-hydrogen) atoms. The van der Waals surface area contributed by atoms with Crippen molar-refractivity contribution < 1.29 is 19.8 Å². The summed E-state index contributed by atoms with van der Waals surface area (Å²) in [4.78, 5) is 21.4. The molecule has 6 nitrogen and oxygen atoms in total. The van der Waals surface area contributed by atoms with Crippen LogP contribution in [-0.4, -0.2) is 46.8 Å². The summed E-state index contributed by atoms with van der Waals surface area (Å²) in [5.41, 5.74) is -1.76. The predicted molar refractivity (Wildman–Crippen MR) is 52.3 cm³/mol. The highest BCUT2D eigenvalue weighted by molar-refractivity contribution is 5.77. The summed E-state index contributed by atoms with van der Waals surface area (Å²) in [5, 5.41) is 23.7. The number of rotatable bonds is 4. The van der Waals surface area contributed by atoms with Crippen LogP contribution >= 0.6 is 0 Å². The lowest BCUT2D eigenvalue weighted by Crippen LogP contribution is -2.52. The van der Waals surface area contributed by atoms with Gasteiger partial charge in [-0.25, -0.2) is 4.79 Å². The van der Waals surface area contributed by atoms with Crippen molar-refractivity contribution in [3.8, 4) is 0 Å². The first-order chi connectivity index (χ1) is 6.92. The first-order valence-corrected chi connectivity index (χ1v) is 4.87. The summed E-state index contributed by atoms with van der Waals surface area (Å²) < 4.78 is 0. The third-order valence-electron chi connectivity index (χ3n) is 2.46. The van der Waals surface area contributed by atoms with Gasteiger partial charge < -0.3 is 20.8 Å². The van der Waals surface area contributed by atoms with Gasteiger partial charge in [-0.05, 0) is 13.3 Å². The molecule has 1 aliphatic rings. The van der Waals surface area contributed by atoms with Gasteiger partial charge >= 0.3 is 5.97 Å². The van der Waals surface area contributed by atoms with Gasteiger partial charge in [0.05, 0.1) is 0 Å². The van der Waals surface area contributed by atoms with Crippen LogP contribution in [0.4, 0.5) is 0 Å². The number of hydrogen-bond donors (Lipinski definition) is 4. The number of hydrogen-bond acceptors (Lipinski definition) is 4. The summed E-state index contributed by atoms with van der Waals surface area (Å²) in [7, 11) is 0. The van der Waals surface area contributed by atoms with Crippen molar-refractivity contribution in [1.82, 2.24) is 10.6 Å². The van der Waals surface area contributed by atoms with E-state index >= 15 is 0 Å². The van der Waals surface area contributed by atoms with Crippen LogP contribution in [0.25, 0.3) is 0 Å². The van der Waals surface area contributed by atoms with Crippen LogP contribution in [0.15, 0.2) is 0 Å². The molecule has 1 aliphatic heterocycles. The van der Waals surface area contributed by atoms with E-state index in [0.29, 0.717) is 19.4 Å². The summed E-state index contributed by atoms with van der Waals surface area (Å²) in [6.07, 6.45) is 1.11. The monoisotopic (exact) mass is 216 g/mol. The number of piperidine rings is 1. The molecule has 0 aromatic rings. The number of carboxylic acids is 1. The van der Waals surface area contributed by atoms with E-state index in [2.05, 4.69) is 10.6 Å². The Hall–Kier alpha value is -1.14. The molecule has 2 atom stereocenters. The molecule has 0 spiro atoms. The van der Waals surface area contributed by atoms with Crippen LogP contribution in [0, 0.1) is 0 Å². The fourth-order valence-electron chi connectivity index (χ4n) is 1.33. The molecular formula is C9H16N2O4. The zero-order valence-corrected chi connectivity index (χ0v) is 8.62. The Morgan fingerprint density at radius 3 is 2.87 bits per heavy atom. The topological polar surface area (TPSA) is 98.7 Å². The Balaban J connectivity index is 2.31. The van der Waals surface area contributed by atoms with E-state index in [4.69, 9.17) is 5.11 Å². The molecule has 1 amide bonds. The number of carbonyl (C=O) groups excluding carboxylic acids is 1. The first-order valence-electron chi connectivity index (χ1n) is 4.87. The molecule has 1 rings (SSSR count). The average molecular weight is 216 g/mol. The normalized spacial score (nSPS) is 25.5. The highest BCUT2D eigenvalue weighted by atomic mass is 16.4. The van der Waals surface area contributed by atoms with Crippen molar-refractivity contribution in [2.75, 3.05) is 13.1 Å². The van der Waals surface area contributed by atoms with Crippen molar-refractivity contribution in [2.45, 2.75) is 31.4 Å². The lowest BCUT2D eigenvalue weighted by atomic mass is 10.0. The molecule has 0 radical (unpaired) electrons. The number of aliphatic hydroxyl groups is 1. The Labute approximate surface area is 87.7 Å². The predicted octanol–water partition coefficient (Wildman–Crippen LogP) is -1.31. The Kier molecular flexibility index (Phi) is 3.65. The van der Waals surface area contributed by atoms with Crippen LogP contribution in [0.1, 0.15) is 19.8 Å². The third-order valence-corrected chi connectivity index (χ3v) is 2.46. The fraction of sp³-hybridized carbons (Fsp3) is 0.778. The highest BCUT2D eigenvalue weighted by Crippen LogP contribution is 2.06. The molecule has 6 heteroatoms. The summed E-state index contributed by atoms with van der Waals surface area (Å²) in [5.74, 6) is -1.24. The molecule has 1 fully saturated rings. The number of nitrogens with one attached hydrogen (secondary N) is 2. The van der Waals surface area contributed by atoms with E-state index in [1.54, 1.807) is 0 Å². The highest BCUT2D eigenvalue weighted by Gasteiger charge is 2.30. The molecular weight excluding hydrogens is 200 g/mol.